The largest absolute Gasteiger partial charge is 0.355 e. The molecule has 4 N–H and O–H groups in total. The zero-order valence-electron chi connectivity index (χ0n) is 11.4. The number of amides is 1. The lowest BCUT2D eigenvalue weighted by Crippen LogP contribution is -2.50. The molecule has 0 spiro atoms. The molecule has 1 unspecified atom stereocenters. The topological polar surface area (TPSA) is 101 Å². The van der Waals surface area contributed by atoms with Gasteiger partial charge in [-0.05, 0) is 25.0 Å². The van der Waals surface area contributed by atoms with Gasteiger partial charge in [0, 0.05) is 12.1 Å². The molecule has 7 heteroatoms. The number of sulfonamides is 1. The van der Waals surface area contributed by atoms with E-state index in [2.05, 4.69) is 21.9 Å². The molecule has 1 aliphatic rings. The summed E-state index contributed by atoms with van der Waals surface area (Å²) in [5, 5.41) is 2.64. The van der Waals surface area contributed by atoms with Gasteiger partial charge in [0.1, 0.15) is 6.04 Å². The summed E-state index contributed by atoms with van der Waals surface area (Å²) in [6.45, 7) is 0.725. The van der Waals surface area contributed by atoms with Crippen LogP contribution in [0.1, 0.15) is 18.4 Å². The van der Waals surface area contributed by atoms with Gasteiger partial charge in [-0.1, -0.05) is 24.0 Å². The Morgan fingerprint density at radius 2 is 2.14 bits per heavy atom. The zero-order chi connectivity index (χ0) is 15.3. The molecule has 1 fully saturated rings. The highest BCUT2D eigenvalue weighted by atomic mass is 32.2. The number of hydrogen-bond donors (Lipinski definition) is 3. The molecule has 1 amide bonds. The van der Waals surface area contributed by atoms with Gasteiger partial charge in [-0.3, -0.25) is 4.79 Å². The highest BCUT2D eigenvalue weighted by Gasteiger charge is 2.28. The number of carbonyl (C=O) groups excluding carboxylic acids is 1. The Hall–Kier alpha value is -1.88. The molecular weight excluding hydrogens is 290 g/mol. The Balaban J connectivity index is 2.29. The van der Waals surface area contributed by atoms with E-state index in [-0.39, 0.29) is 17.3 Å². The first-order valence-electron chi connectivity index (χ1n) is 6.62. The first-order chi connectivity index (χ1) is 10.0. The number of piperidine rings is 1. The fourth-order valence-electron chi connectivity index (χ4n) is 2.09. The van der Waals surface area contributed by atoms with E-state index in [0.29, 0.717) is 18.5 Å². The van der Waals surface area contributed by atoms with Crippen molar-refractivity contribution in [3.8, 4) is 11.8 Å². The van der Waals surface area contributed by atoms with E-state index in [1.54, 1.807) is 18.2 Å². The van der Waals surface area contributed by atoms with Crippen LogP contribution >= 0.6 is 0 Å². The van der Waals surface area contributed by atoms with Crippen LogP contribution in [0.2, 0.25) is 0 Å². The number of hydrogen-bond acceptors (Lipinski definition) is 4. The summed E-state index contributed by atoms with van der Waals surface area (Å²) in [5.41, 5.74) is 5.68. The van der Waals surface area contributed by atoms with E-state index >= 15 is 0 Å². The molecule has 1 heterocycles. The number of rotatable bonds is 3. The van der Waals surface area contributed by atoms with Crippen LogP contribution in [-0.4, -0.2) is 33.5 Å². The van der Waals surface area contributed by atoms with Gasteiger partial charge in [-0.2, -0.15) is 4.72 Å². The number of nitrogens with one attached hydrogen (secondary N) is 2. The third-order valence-corrected chi connectivity index (χ3v) is 4.61. The fraction of sp³-hybridized carbons (Fsp3) is 0.357. The van der Waals surface area contributed by atoms with Crippen LogP contribution in [0.3, 0.4) is 0 Å². The molecule has 1 atom stereocenters. The zero-order valence-corrected chi connectivity index (χ0v) is 12.2. The van der Waals surface area contributed by atoms with Gasteiger partial charge in [-0.25, -0.2) is 8.42 Å². The van der Waals surface area contributed by atoms with Crippen LogP contribution in [0.5, 0.6) is 0 Å². The third-order valence-electron chi connectivity index (χ3n) is 3.08. The lowest BCUT2D eigenvalue weighted by atomic mass is 10.1. The second-order valence-electron chi connectivity index (χ2n) is 4.61. The van der Waals surface area contributed by atoms with Crippen molar-refractivity contribution < 1.29 is 13.2 Å². The summed E-state index contributed by atoms with van der Waals surface area (Å²) in [5.74, 6) is 5.07. The maximum Gasteiger partial charge on any atom is 0.242 e. The van der Waals surface area contributed by atoms with Gasteiger partial charge in [0.2, 0.25) is 15.9 Å². The summed E-state index contributed by atoms with van der Waals surface area (Å²) in [6, 6.07) is 5.65. The molecule has 1 saturated heterocycles. The van der Waals surface area contributed by atoms with Crippen molar-refractivity contribution in [3.05, 3.63) is 29.8 Å². The van der Waals surface area contributed by atoms with E-state index < -0.39 is 16.1 Å². The molecule has 1 aromatic rings. The average molecular weight is 307 g/mol. The van der Waals surface area contributed by atoms with Gasteiger partial charge in [0.15, 0.2) is 0 Å². The molecule has 1 aromatic carbocycles. The van der Waals surface area contributed by atoms with Crippen LogP contribution in [0.15, 0.2) is 29.2 Å². The highest BCUT2D eigenvalue weighted by molar-refractivity contribution is 7.89. The standard InChI is InChI=1S/C14H17N3O3S/c15-9-3-6-11-5-1-2-8-13(11)21(19,20)17-12-7-4-10-16-14(12)18/h1-2,5,8,12,17H,4,7,9-10,15H2,(H,16,18). The van der Waals surface area contributed by atoms with Crippen molar-refractivity contribution in [1.29, 1.82) is 0 Å². The summed E-state index contributed by atoms with van der Waals surface area (Å²) in [6.07, 6.45) is 1.23. The minimum Gasteiger partial charge on any atom is -0.355 e. The molecular formula is C14H17N3O3S. The Morgan fingerprint density at radius 3 is 2.86 bits per heavy atom. The predicted octanol–water partition coefficient (Wildman–Crippen LogP) is -0.446. The van der Waals surface area contributed by atoms with Crippen LogP contribution in [-0.2, 0) is 14.8 Å². The maximum atomic E-state index is 12.4. The van der Waals surface area contributed by atoms with Crippen LogP contribution < -0.4 is 15.8 Å². The van der Waals surface area contributed by atoms with Gasteiger partial charge in [0.05, 0.1) is 11.4 Å². The van der Waals surface area contributed by atoms with E-state index in [4.69, 9.17) is 5.73 Å². The molecule has 0 aliphatic carbocycles. The first kappa shape index (κ1) is 15.5. The molecule has 0 radical (unpaired) electrons. The molecule has 0 bridgehead atoms. The second-order valence-corrected chi connectivity index (χ2v) is 6.29. The van der Waals surface area contributed by atoms with E-state index in [1.807, 2.05) is 0 Å². The number of nitrogens with two attached hydrogens (primary N) is 1. The van der Waals surface area contributed by atoms with Gasteiger partial charge >= 0.3 is 0 Å². The summed E-state index contributed by atoms with van der Waals surface area (Å²) in [4.78, 5) is 11.7. The van der Waals surface area contributed by atoms with Crippen LogP contribution in [0, 0.1) is 11.8 Å². The van der Waals surface area contributed by atoms with E-state index in [0.717, 1.165) is 6.42 Å². The molecule has 0 aromatic heterocycles. The van der Waals surface area contributed by atoms with Crippen LogP contribution in [0.25, 0.3) is 0 Å². The fourth-order valence-corrected chi connectivity index (χ4v) is 3.48. The minimum absolute atomic E-state index is 0.0596. The molecule has 21 heavy (non-hydrogen) atoms. The number of benzene rings is 1. The summed E-state index contributed by atoms with van der Waals surface area (Å²) >= 11 is 0. The monoisotopic (exact) mass is 307 g/mol. The summed E-state index contributed by atoms with van der Waals surface area (Å²) in [7, 11) is -3.81. The molecule has 2 rings (SSSR count). The first-order valence-corrected chi connectivity index (χ1v) is 8.11. The smallest absolute Gasteiger partial charge is 0.242 e. The molecule has 0 saturated carbocycles. The van der Waals surface area contributed by atoms with Crippen LogP contribution in [0.4, 0.5) is 0 Å². The van der Waals surface area contributed by atoms with Gasteiger partial charge < -0.3 is 11.1 Å². The Morgan fingerprint density at radius 1 is 1.38 bits per heavy atom. The molecule has 112 valence electrons. The normalized spacial score (nSPS) is 18.5. The Bertz CT molecular complexity index is 689. The molecule has 1 aliphatic heterocycles. The highest BCUT2D eigenvalue weighted by Crippen LogP contribution is 2.16. The lowest BCUT2D eigenvalue weighted by Gasteiger charge is -2.22. The third kappa shape index (κ3) is 3.82. The van der Waals surface area contributed by atoms with Crippen molar-refractivity contribution in [3.63, 3.8) is 0 Å². The average Bonchev–Trinajstić information content (AvgIpc) is 2.47. The Labute approximate surface area is 124 Å². The van der Waals surface area contributed by atoms with E-state index in [1.165, 1.54) is 6.07 Å². The van der Waals surface area contributed by atoms with Crippen molar-refractivity contribution in [1.82, 2.24) is 10.0 Å². The Kier molecular flexibility index (Phi) is 4.96. The minimum atomic E-state index is -3.81. The SMILES string of the molecule is NCC#Cc1ccccc1S(=O)(=O)NC1CCCNC1=O. The van der Waals surface area contributed by atoms with Gasteiger partial charge in [0.25, 0.3) is 0 Å². The van der Waals surface area contributed by atoms with Crippen molar-refractivity contribution in [2.75, 3.05) is 13.1 Å². The summed E-state index contributed by atoms with van der Waals surface area (Å²) < 4.78 is 27.3. The van der Waals surface area contributed by atoms with E-state index in [9.17, 15) is 13.2 Å². The second kappa shape index (κ2) is 6.72. The van der Waals surface area contributed by atoms with Crippen molar-refractivity contribution >= 4 is 15.9 Å². The van der Waals surface area contributed by atoms with Crippen molar-refractivity contribution in [2.24, 2.45) is 5.73 Å². The van der Waals surface area contributed by atoms with Crippen molar-refractivity contribution in [2.45, 2.75) is 23.8 Å². The maximum absolute atomic E-state index is 12.4. The number of carbonyl (C=O) groups is 1. The molecule has 6 nitrogen and oxygen atoms in total. The lowest BCUT2D eigenvalue weighted by molar-refractivity contribution is -0.124. The predicted molar refractivity (Wildman–Crippen MR) is 78.7 cm³/mol. The quantitative estimate of drug-likeness (QED) is 0.659. The van der Waals surface area contributed by atoms with Gasteiger partial charge in [-0.15, -0.1) is 0 Å².